The van der Waals surface area contributed by atoms with Crippen LogP contribution in [0, 0.1) is 0 Å². The van der Waals surface area contributed by atoms with Gasteiger partial charge in [0.15, 0.2) is 0 Å². The summed E-state index contributed by atoms with van der Waals surface area (Å²) in [5, 5.41) is 3.59. The molecule has 1 aromatic carbocycles. The van der Waals surface area contributed by atoms with Crippen molar-refractivity contribution < 1.29 is 0 Å². The number of hydrogen-bond acceptors (Lipinski definition) is 1. The summed E-state index contributed by atoms with van der Waals surface area (Å²) in [5.41, 5.74) is 2.93. The number of aryl methyl sites for hydroxylation is 1. The minimum atomic E-state index is 0.636. The lowest BCUT2D eigenvalue weighted by Gasteiger charge is -2.16. The Balaban J connectivity index is 2.35. The highest BCUT2D eigenvalue weighted by atomic mass is 14.9. The fourth-order valence-corrected chi connectivity index (χ4v) is 2.61. The molecule has 0 spiro atoms. The SMILES string of the molecule is CCCC(CCCc1ccc(C(C)C)cc1)NCC. The van der Waals surface area contributed by atoms with E-state index in [1.807, 2.05) is 0 Å². The van der Waals surface area contributed by atoms with E-state index in [-0.39, 0.29) is 0 Å². The highest BCUT2D eigenvalue weighted by molar-refractivity contribution is 5.24. The van der Waals surface area contributed by atoms with Crippen molar-refractivity contribution >= 4 is 0 Å². The third kappa shape index (κ3) is 6.24. The molecule has 1 N–H and O–H groups in total. The maximum Gasteiger partial charge on any atom is 0.00669 e. The molecule has 1 heteroatoms. The van der Waals surface area contributed by atoms with Gasteiger partial charge in [-0.3, -0.25) is 0 Å². The molecule has 108 valence electrons. The first kappa shape index (κ1) is 16.2. The molecule has 0 radical (unpaired) electrons. The molecule has 1 unspecified atom stereocenters. The molecule has 1 aromatic rings. The van der Waals surface area contributed by atoms with E-state index in [9.17, 15) is 0 Å². The van der Waals surface area contributed by atoms with E-state index < -0.39 is 0 Å². The van der Waals surface area contributed by atoms with E-state index in [1.165, 1.54) is 43.2 Å². The fourth-order valence-electron chi connectivity index (χ4n) is 2.61. The summed E-state index contributed by atoms with van der Waals surface area (Å²) in [6, 6.07) is 9.89. The molecule has 0 aliphatic heterocycles. The Kier molecular flexibility index (Phi) is 7.81. The molecule has 0 aliphatic rings. The second-order valence-corrected chi connectivity index (χ2v) is 5.83. The van der Waals surface area contributed by atoms with E-state index >= 15 is 0 Å². The average Bonchev–Trinajstić information content (AvgIpc) is 2.40. The molecule has 0 aliphatic carbocycles. The molecule has 0 aromatic heterocycles. The van der Waals surface area contributed by atoms with Crippen LogP contribution in [0.15, 0.2) is 24.3 Å². The van der Waals surface area contributed by atoms with Crippen LogP contribution in [0.2, 0.25) is 0 Å². The van der Waals surface area contributed by atoms with E-state index in [0.717, 1.165) is 6.54 Å². The van der Waals surface area contributed by atoms with E-state index in [0.29, 0.717) is 12.0 Å². The highest BCUT2D eigenvalue weighted by Gasteiger charge is 2.06. The van der Waals surface area contributed by atoms with Crippen LogP contribution in [0.4, 0.5) is 0 Å². The smallest absolute Gasteiger partial charge is 0.00669 e. The van der Waals surface area contributed by atoms with Crippen LogP contribution in [-0.4, -0.2) is 12.6 Å². The lowest BCUT2D eigenvalue weighted by molar-refractivity contribution is 0.447. The van der Waals surface area contributed by atoms with Gasteiger partial charge in [-0.2, -0.15) is 0 Å². The van der Waals surface area contributed by atoms with Crippen molar-refractivity contribution in [2.75, 3.05) is 6.54 Å². The Morgan fingerprint density at radius 1 is 1.00 bits per heavy atom. The van der Waals surface area contributed by atoms with Gasteiger partial charge >= 0.3 is 0 Å². The Hall–Kier alpha value is -0.820. The van der Waals surface area contributed by atoms with Crippen molar-refractivity contribution in [1.29, 1.82) is 0 Å². The molecular formula is C18H31N. The molecule has 0 bridgehead atoms. The van der Waals surface area contributed by atoms with E-state index in [4.69, 9.17) is 0 Å². The second kappa shape index (κ2) is 9.14. The average molecular weight is 261 g/mol. The molecule has 1 nitrogen and oxygen atoms in total. The lowest BCUT2D eigenvalue weighted by Crippen LogP contribution is -2.28. The highest BCUT2D eigenvalue weighted by Crippen LogP contribution is 2.16. The zero-order valence-corrected chi connectivity index (χ0v) is 13.2. The first-order valence-corrected chi connectivity index (χ1v) is 7.99. The van der Waals surface area contributed by atoms with Crippen molar-refractivity contribution in [2.24, 2.45) is 0 Å². The largest absolute Gasteiger partial charge is 0.314 e. The molecule has 0 heterocycles. The molecule has 1 rings (SSSR count). The quantitative estimate of drug-likeness (QED) is 0.666. The number of nitrogens with one attached hydrogen (secondary N) is 1. The number of rotatable bonds is 9. The van der Waals surface area contributed by atoms with Crippen LogP contribution in [-0.2, 0) is 6.42 Å². The molecule has 0 fully saturated rings. The van der Waals surface area contributed by atoms with Crippen molar-refractivity contribution in [2.45, 2.75) is 71.8 Å². The zero-order chi connectivity index (χ0) is 14.1. The summed E-state index contributed by atoms with van der Waals surface area (Å²) in [5.74, 6) is 0.636. The predicted octanol–water partition coefficient (Wildman–Crippen LogP) is 4.91. The van der Waals surface area contributed by atoms with Gasteiger partial charge < -0.3 is 5.32 Å². The summed E-state index contributed by atoms with van der Waals surface area (Å²) in [6.45, 7) is 10.1. The summed E-state index contributed by atoms with van der Waals surface area (Å²) in [6.07, 6.45) is 6.39. The van der Waals surface area contributed by atoms with Crippen molar-refractivity contribution in [3.8, 4) is 0 Å². The predicted molar refractivity (Wildman–Crippen MR) is 85.8 cm³/mol. The minimum absolute atomic E-state index is 0.636. The van der Waals surface area contributed by atoms with Gasteiger partial charge in [0.1, 0.15) is 0 Å². The van der Waals surface area contributed by atoms with Crippen molar-refractivity contribution in [3.63, 3.8) is 0 Å². The fraction of sp³-hybridized carbons (Fsp3) is 0.667. The Morgan fingerprint density at radius 3 is 2.21 bits per heavy atom. The van der Waals surface area contributed by atoms with E-state index in [2.05, 4.69) is 57.3 Å². The lowest BCUT2D eigenvalue weighted by atomic mass is 9.98. The maximum absolute atomic E-state index is 3.59. The van der Waals surface area contributed by atoms with Crippen LogP contribution < -0.4 is 5.32 Å². The van der Waals surface area contributed by atoms with Gasteiger partial charge in [-0.1, -0.05) is 58.4 Å². The third-order valence-electron chi connectivity index (χ3n) is 3.79. The van der Waals surface area contributed by atoms with Crippen LogP contribution in [0.1, 0.15) is 70.4 Å². The molecule has 1 atom stereocenters. The standard InChI is InChI=1S/C18H31N/c1-5-8-18(19-6-2)10-7-9-16-11-13-17(14-12-16)15(3)4/h11-15,18-19H,5-10H2,1-4H3. The van der Waals surface area contributed by atoms with Crippen LogP contribution in [0.5, 0.6) is 0 Å². The first-order chi connectivity index (χ1) is 9.17. The molecular weight excluding hydrogens is 230 g/mol. The number of benzene rings is 1. The molecule has 0 saturated carbocycles. The third-order valence-corrected chi connectivity index (χ3v) is 3.79. The topological polar surface area (TPSA) is 12.0 Å². The zero-order valence-electron chi connectivity index (χ0n) is 13.2. The van der Waals surface area contributed by atoms with Gasteiger partial charge in [-0.05, 0) is 49.3 Å². The Morgan fingerprint density at radius 2 is 1.68 bits per heavy atom. The molecule has 0 amide bonds. The Labute approximate surface area is 119 Å². The number of hydrogen-bond donors (Lipinski definition) is 1. The van der Waals surface area contributed by atoms with Gasteiger partial charge in [0, 0.05) is 6.04 Å². The van der Waals surface area contributed by atoms with Crippen LogP contribution in [0.3, 0.4) is 0 Å². The first-order valence-electron chi connectivity index (χ1n) is 7.99. The van der Waals surface area contributed by atoms with Gasteiger partial charge in [-0.25, -0.2) is 0 Å². The molecule has 0 saturated heterocycles. The second-order valence-electron chi connectivity index (χ2n) is 5.83. The van der Waals surface area contributed by atoms with Gasteiger partial charge in [-0.15, -0.1) is 0 Å². The van der Waals surface area contributed by atoms with Crippen molar-refractivity contribution in [1.82, 2.24) is 5.32 Å². The normalized spacial score (nSPS) is 12.9. The van der Waals surface area contributed by atoms with Crippen LogP contribution >= 0.6 is 0 Å². The maximum atomic E-state index is 3.59. The summed E-state index contributed by atoms with van der Waals surface area (Å²) in [4.78, 5) is 0. The van der Waals surface area contributed by atoms with Crippen molar-refractivity contribution in [3.05, 3.63) is 35.4 Å². The van der Waals surface area contributed by atoms with E-state index in [1.54, 1.807) is 0 Å². The summed E-state index contributed by atoms with van der Waals surface area (Å²) < 4.78 is 0. The summed E-state index contributed by atoms with van der Waals surface area (Å²) in [7, 11) is 0. The van der Waals surface area contributed by atoms with Crippen LogP contribution in [0.25, 0.3) is 0 Å². The molecule has 19 heavy (non-hydrogen) atoms. The van der Waals surface area contributed by atoms with Gasteiger partial charge in [0.25, 0.3) is 0 Å². The Bertz CT molecular complexity index is 320. The monoisotopic (exact) mass is 261 g/mol. The van der Waals surface area contributed by atoms with Gasteiger partial charge in [0.05, 0.1) is 0 Å². The van der Waals surface area contributed by atoms with Gasteiger partial charge in [0.2, 0.25) is 0 Å². The minimum Gasteiger partial charge on any atom is -0.314 e. The summed E-state index contributed by atoms with van der Waals surface area (Å²) >= 11 is 0.